The summed E-state index contributed by atoms with van der Waals surface area (Å²) in [5, 5.41) is 0. The Morgan fingerprint density at radius 2 is 1.82 bits per heavy atom. The molecular formula is C7H12N2O2. The Morgan fingerprint density at radius 1 is 1.27 bits per heavy atom. The maximum absolute atomic E-state index is 11.3. The van der Waals surface area contributed by atoms with Crippen LogP contribution in [0.15, 0.2) is 4.79 Å². The second kappa shape index (κ2) is 2.45. The summed E-state index contributed by atoms with van der Waals surface area (Å²) < 4.78 is 8.18. The van der Waals surface area contributed by atoms with Gasteiger partial charge in [-0.2, -0.15) is 0 Å². The van der Waals surface area contributed by atoms with Crippen molar-refractivity contribution in [2.24, 2.45) is 14.1 Å². The van der Waals surface area contributed by atoms with Gasteiger partial charge in [0.1, 0.15) is 0 Å². The van der Waals surface area contributed by atoms with Gasteiger partial charge in [0.05, 0.1) is 12.8 Å². The van der Waals surface area contributed by atoms with Crippen LogP contribution in [-0.2, 0) is 14.1 Å². The standard InChI is InChI=1S/C7H12N2O2/c1-5-6(11-4)7(10)9(3)8(5)2/h1-4H3. The quantitative estimate of drug-likeness (QED) is 0.575. The zero-order valence-electron chi connectivity index (χ0n) is 7.21. The minimum Gasteiger partial charge on any atom is -0.490 e. The van der Waals surface area contributed by atoms with Gasteiger partial charge < -0.3 is 4.74 Å². The van der Waals surface area contributed by atoms with Crippen molar-refractivity contribution in [3.63, 3.8) is 0 Å². The third-order valence-corrected chi connectivity index (χ3v) is 1.96. The van der Waals surface area contributed by atoms with E-state index in [1.807, 2.05) is 14.0 Å². The smallest absolute Gasteiger partial charge is 0.309 e. The van der Waals surface area contributed by atoms with E-state index in [0.29, 0.717) is 5.75 Å². The van der Waals surface area contributed by atoms with Crippen LogP contribution < -0.4 is 10.3 Å². The molecule has 4 heteroatoms. The van der Waals surface area contributed by atoms with Gasteiger partial charge in [-0.25, -0.2) is 0 Å². The summed E-state index contributed by atoms with van der Waals surface area (Å²) in [5.74, 6) is 0.426. The average molecular weight is 156 g/mol. The molecule has 0 bridgehead atoms. The first-order valence-electron chi connectivity index (χ1n) is 3.36. The molecule has 11 heavy (non-hydrogen) atoms. The Morgan fingerprint density at radius 3 is 2.00 bits per heavy atom. The van der Waals surface area contributed by atoms with E-state index in [0.717, 1.165) is 5.69 Å². The minimum absolute atomic E-state index is 0.0903. The van der Waals surface area contributed by atoms with Crippen molar-refractivity contribution in [2.75, 3.05) is 7.11 Å². The molecule has 0 aliphatic rings. The second-order valence-electron chi connectivity index (χ2n) is 2.47. The first-order valence-corrected chi connectivity index (χ1v) is 3.36. The molecule has 0 amide bonds. The van der Waals surface area contributed by atoms with Crippen molar-refractivity contribution in [3.05, 3.63) is 16.0 Å². The number of hydrogen-bond donors (Lipinski definition) is 0. The molecular weight excluding hydrogens is 144 g/mol. The van der Waals surface area contributed by atoms with Gasteiger partial charge >= 0.3 is 5.56 Å². The van der Waals surface area contributed by atoms with Gasteiger partial charge in [-0.05, 0) is 6.92 Å². The normalized spacial score (nSPS) is 10.2. The van der Waals surface area contributed by atoms with Gasteiger partial charge in [0.25, 0.3) is 0 Å². The highest BCUT2D eigenvalue weighted by Gasteiger charge is 2.11. The summed E-state index contributed by atoms with van der Waals surface area (Å²) >= 11 is 0. The van der Waals surface area contributed by atoms with Crippen LogP contribution in [0.25, 0.3) is 0 Å². The van der Waals surface area contributed by atoms with Crippen molar-refractivity contribution in [3.8, 4) is 5.75 Å². The van der Waals surface area contributed by atoms with Crippen LogP contribution in [0.5, 0.6) is 5.75 Å². The predicted octanol–water partition coefficient (Wildman–Crippen LogP) is 0.0408. The lowest BCUT2D eigenvalue weighted by molar-refractivity contribution is 0.406. The van der Waals surface area contributed by atoms with E-state index in [1.165, 1.54) is 11.8 Å². The Kier molecular flexibility index (Phi) is 1.76. The van der Waals surface area contributed by atoms with Crippen molar-refractivity contribution < 1.29 is 4.74 Å². The van der Waals surface area contributed by atoms with Crippen molar-refractivity contribution in [1.82, 2.24) is 9.36 Å². The number of ether oxygens (including phenoxy) is 1. The van der Waals surface area contributed by atoms with Crippen molar-refractivity contribution in [1.29, 1.82) is 0 Å². The average Bonchev–Trinajstić information content (AvgIpc) is 2.17. The fourth-order valence-electron chi connectivity index (χ4n) is 1.04. The van der Waals surface area contributed by atoms with E-state index in [9.17, 15) is 4.79 Å². The summed E-state index contributed by atoms with van der Waals surface area (Å²) in [6, 6.07) is 0. The minimum atomic E-state index is -0.0903. The maximum atomic E-state index is 11.3. The van der Waals surface area contributed by atoms with Gasteiger partial charge in [0, 0.05) is 14.1 Å². The molecule has 1 aromatic rings. The van der Waals surface area contributed by atoms with Crippen LogP contribution in [0.4, 0.5) is 0 Å². The summed E-state index contributed by atoms with van der Waals surface area (Å²) in [7, 11) is 5.03. The third kappa shape index (κ3) is 0.943. The molecule has 0 aliphatic carbocycles. The summed E-state index contributed by atoms with van der Waals surface area (Å²) in [6.45, 7) is 1.85. The van der Waals surface area contributed by atoms with Crippen molar-refractivity contribution in [2.45, 2.75) is 6.92 Å². The lowest BCUT2D eigenvalue weighted by atomic mass is 10.4. The van der Waals surface area contributed by atoms with Crippen LogP contribution in [0.1, 0.15) is 5.69 Å². The van der Waals surface area contributed by atoms with E-state index in [-0.39, 0.29) is 5.56 Å². The first kappa shape index (κ1) is 7.91. The summed E-state index contributed by atoms with van der Waals surface area (Å²) in [6.07, 6.45) is 0. The number of aromatic nitrogens is 2. The number of methoxy groups -OCH3 is 1. The predicted molar refractivity (Wildman–Crippen MR) is 41.9 cm³/mol. The molecule has 1 rings (SSSR count). The SMILES string of the molecule is COc1c(C)n(C)n(C)c1=O. The van der Waals surface area contributed by atoms with Crippen LogP contribution >= 0.6 is 0 Å². The highest BCUT2D eigenvalue weighted by atomic mass is 16.5. The fourth-order valence-corrected chi connectivity index (χ4v) is 1.04. The topological polar surface area (TPSA) is 36.2 Å². The monoisotopic (exact) mass is 156 g/mol. The summed E-state index contributed by atoms with van der Waals surface area (Å²) in [4.78, 5) is 11.3. The van der Waals surface area contributed by atoms with E-state index < -0.39 is 0 Å². The largest absolute Gasteiger partial charge is 0.490 e. The van der Waals surface area contributed by atoms with Gasteiger partial charge in [-0.1, -0.05) is 0 Å². The van der Waals surface area contributed by atoms with Gasteiger partial charge in [0.2, 0.25) is 5.75 Å². The lowest BCUT2D eigenvalue weighted by Gasteiger charge is -1.99. The summed E-state index contributed by atoms with van der Waals surface area (Å²) in [5.41, 5.74) is 0.757. The number of nitrogens with zero attached hydrogens (tertiary/aromatic N) is 2. The van der Waals surface area contributed by atoms with Gasteiger partial charge in [-0.3, -0.25) is 14.2 Å². The third-order valence-electron chi connectivity index (χ3n) is 1.96. The van der Waals surface area contributed by atoms with E-state index >= 15 is 0 Å². The molecule has 62 valence electrons. The van der Waals surface area contributed by atoms with E-state index in [2.05, 4.69) is 0 Å². The molecule has 1 heterocycles. The molecule has 1 aromatic heterocycles. The van der Waals surface area contributed by atoms with Crippen LogP contribution in [0.2, 0.25) is 0 Å². The Balaban J connectivity index is 3.49. The molecule has 0 N–H and O–H groups in total. The Labute approximate surface area is 65.0 Å². The molecule has 4 nitrogen and oxygen atoms in total. The Hall–Kier alpha value is -1.19. The zero-order chi connectivity index (χ0) is 8.59. The first-order chi connectivity index (χ1) is 5.09. The van der Waals surface area contributed by atoms with Gasteiger partial charge in [-0.15, -0.1) is 0 Å². The number of rotatable bonds is 1. The lowest BCUT2D eigenvalue weighted by Crippen LogP contribution is -2.17. The van der Waals surface area contributed by atoms with Crippen LogP contribution in [0, 0.1) is 6.92 Å². The molecule has 0 spiro atoms. The molecule has 0 atom stereocenters. The van der Waals surface area contributed by atoms with Crippen molar-refractivity contribution >= 4 is 0 Å². The molecule has 0 radical (unpaired) electrons. The maximum Gasteiger partial charge on any atom is 0.309 e. The molecule has 0 saturated heterocycles. The van der Waals surface area contributed by atoms with E-state index in [1.54, 1.807) is 11.7 Å². The number of hydrogen-bond acceptors (Lipinski definition) is 2. The molecule has 0 aromatic carbocycles. The highest BCUT2D eigenvalue weighted by molar-refractivity contribution is 5.24. The van der Waals surface area contributed by atoms with Gasteiger partial charge in [0.15, 0.2) is 0 Å². The highest BCUT2D eigenvalue weighted by Crippen LogP contribution is 2.09. The fraction of sp³-hybridized carbons (Fsp3) is 0.571. The molecule has 0 saturated carbocycles. The molecule has 0 aliphatic heterocycles. The van der Waals surface area contributed by atoms with Crippen LogP contribution in [0.3, 0.4) is 0 Å². The zero-order valence-corrected chi connectivity index (χ0v) is 7.21. The molecule has 0 fully saturated rings. The van der Waals surface area contributed by atoms with E-state index in [4.69, 9.17) is 4.74 Å². The Bertz CT molecular complexity index is 322. The van der Waals surface area contributed by atoms with Crippen LogP contribution in [-0.4, -0.2) is 16.5 Å². The second-order valence-corrected chi connectivity index (χ2v) is 2.47. The molecule has 0 unspecified atom stereocenters.